The van der Waals surface area contributed by atoms with Crippen LogP contribution < -0.4 is 0 Å². The first kappa shape index (κ1) is 26.4. The zero-order valence-electron chi connectivity index (χ0n) is 23.5. The number of aliphatic hydroxyl groups is 2. The normalized spacial score (nSPS) is 55.3. The second-order valence-electron chi connectivity index (χ2n) is 13.5. The second kappa shape index (κ2) is 7.48. The molecule has 3 aliphatic carbocycles. The molecular weight excluding hydrogens is 524 g/mol. The number of ether oxygens (including phenoxy) is 5. The number of fused-ring (bicyclic) bond motifs is 5. The quantitative estimate of drug-likeness (QED) is 0.316. The van der Waals surface area contributed by atoms with E-state index >= 15 is 0 Å². The van der Waals surface area contributed by atoms with Gasteiger partial charge in [-0.05, 0) is 44.2 Å². The molecule has 6 fully saturated rings. The van der Waals surface area contributed by atoms with Crippen molar-refractivity contribution in [2.75, 3.05) is 0 Å². The maximum Gasteiger partial charge on any atom is 0.351 e. The third-order valence-electron chi connectivity index (χ3n) is 11.9. The number of furan rings is 1. The fourth-order valence-electron chi connectivity index (χ4n) is 10.5. The molecule has 0 aromatic carbocycles. The highest BCUT2D eigenvalue weighted by Crippen LogP contribution is 2.80. The van der Waals surface area contributed by atoms with Crippen molar-refractivity contribution in [3.8, 4) is 0 Å². The zero-order chi connectivity index (χ0) is 28.8. The van der Waals surface area contributed by atoms with Crippen molar-refractivity contribution in [1.29, 1.82) is 0 Å². The molecule has 11 nitrogen and oxygen atoms in total. The number of epoxide rings is 1. The Labute approximate surface area is 231 Å². The van der Waals surface area contributed by atoms with Crippen molar-refractivity contribution in [3.63, 3.8) is 0 Å². The number of carbonyl (C=O) groups is 3. The van der Waals surface area contributed by atoms with Crippen LogP contribution in [-0.4, -0.2) is 81.0 Å². The third kappa shape index (κ3) is 2.60. The number of carbonyl (C=O) groups excluding carboxylic acids is 3. The smallest absolute Gasteiger partial charge is 0.351 e. The van der Waals surface area contributed by atoms with Crippen molar-refractivity contribution in [3.05, 3.63) is 24.2 Å². The maximum atomic E-state index is 13.3. The first-order chi connectivity index (χ1) is 18.6. The van der Waals surface area contributed by atoms with Gasteiger partial charge in [-0.2, -0.15) is 0 Å². The van der Waals surface area contributed by atoms with E-state index in [2.05, 4.69) is 6.92 Å². The molecule has 11 heteroatoms. The molecule has 3 saturated heterocycles. The van der Waals surface area contributed by atoms with E-state index in [1.54, 1.807) is 26.4 Å². The van der Waals surface area contributed by atoms with Crippen LogP contribution >= 0.6 is 0 Å². The van der Waals surface area contributed by atoms with Crippen LogP contribution in [0, 0.1) is 16.7 Å². The van der Waals surface area contributed by atoms with Crippen LogP contribution in [0.5, 0.6) is 0 Å². The van der Waals surface area contributed by atoms with E-state index in [9.17, 15) is 24.6 Å². The van der Waals surface area contributed by atoms with Crippen LogP contribution in [0.4, 0.5) is 0 Å². The van der Waals surface area contributed by atoms with Crippen molar-refractivity contribution < 1.29 is 52.7 Å². The predicted molar refractivity (Wildman–Crippen MR) is 132 cm³/mol. The van der Waals surface area contributed by atoms with Gasteiger partial charge in [0.25, 0.3) is 0 Å². The van der Waals surface area contributed by atoms with Gasteiger partial charge in [-0.1, -0.05) is 13.8 Å². The zero-order valence-corrected chi connectivity index (χ0v) is 23.5. The van der Waals surface area contributed by atoms with Crippen molar-refractivity contribution in [2.24, 2.45) is 16.7 Å². The number of esters is 3. The Bertz CT molecular complexity index is 1310. The SMILES string of the molecule is CC(=O)O[C@H]1C(=O)O[C@@]2(C)[C@H](OC(C)=O)C[C@@H]3O[C@@H]4C[C@@]5(C)[C@H](c6ccoc6)C[C@H]6O[C@]65[C@](C)(O)[C@H]4[C@]3(C)[C@@]12O. The molecule has 40 heavy (non-hydrogen) atoms. The summed E-state index contributed by atoms with van der Waals surface area (Å²) in [5.41, 5.74) is -7.36. The molecule has 1 aromatic heterocycles. The Morgan fingerprint density at radius 2 is 1.73 bits per heavy atom. The third-order valence-corrected chi connectivity index (χ3v) is 11.9. The largest absolute Gasteiger partial charge is 0.472 e. The molecular formula is C29H36O11. The van der Waals surface area contributed by atoms with Crippen molar-refractivity contribution in [2.45, 2.75) is 120 Å². The summed E-state index contributed by atoms with van der Waals surface area (Å²) in [6.45, 7) is 9.48. The van der Waals surface area contributed by atoms with E-state index in [0.29, 0.717) is 12.8 Å². The molecule has 3 aliphatic heterocycles. The summed E-state index contributed by atoms with van der Waals surface area (Å²) < 4.78 is 35.4. The Hall–Kier alpha value is -2.47. The minimum absolute atomic E-state index is 0.0452. The Kier molecular flexibility index (Phi) is 4.94. The first-order valence-corrected chi connectivity index (χ1v) is 14.0. The van der Waals surface area contributed by atoms with Gasteiger partial charge in [-0.25, -0.2) is 4.79 Å². The van der Waals surface area contributed by atoms with Gasteiger partial charge in [0.2, 0.25) is 6.10 Å². The summed E-state index contributed by atoms with van der Waals surface area (Å²) in [7, 11) is 0. The number of hydrogen-bond acceptors (Lipinski definition) is 11. The van der Waals surface area contributed by atoms with Crippen molar-refractivity contribution in [1.82, 2.24) is 0 Å². The second-order valence-corrected chi connectivity index (χ2v) is 13.5. The van der Waals surface area contributed by atoms with Gasteiger partial charge in [0.1, 0.15) is 11.7 Å². The van der Waals surface area contributed by atoms with Gasteiger partial charge < -0.3 is 38.3 Å². The molecule has 0 amide bonds. The summed E-state index contributed by atoms with van der Waals surface area (Å²) in [5, 5.41) is 25.6. The van der Waals surface area contributed by atoms with Crippen LogP contribution in [0.15, 0.2) is 23.0 Å². The Balaban J connectivity index is 1.39. The molecule has 0 radical (unpaired) electrons. The molecule has 1 spiro atoms. The molecule has 6 aliphatic rings. The highest BCUT2D eigenvalue weighted by atomic mass is 16.7. The lowest BCUT2D eigenvalue weighted by atomic mass is 9.43. The molecule has 7 rings (SSSR count). The standard InChI is InChI=1S/C29H36O11/c1-13(30)36-19-10-18-25(4,28(34)22(37-14(2)31)23(32)40-27(19,28)6)21-17(38-18)11-24(3)16(15-7-8-35-12-15)9-20-29(24,39-20)26(21,5)33/h7-8,12,16-22,33-34H,9-11H2,1-6H3/t16-,17+,18-,19+,20+,21+,22-,24-,25+,26+,27-,28-,29+/m0/s1. The molecule has 3 saturated carbocycles. The van der Waals surface area contributed by atoms with E-state index in [1.807, 2.05) is 6.07 Å². The highest BCUT2D eigenvalue weighted by molar-refractivity contribution is 5.84. The highest BCUT2D eigenvalue weighted by Gasteiger charge is 2.92. The van der Waals surface area contributed by atoms with Crippen LogP contribution in [-0.2, 0) is 38.1 Å². The molecule has 2 N–H and O–H groups in total. The van der Waals surface area contributed by atoms with Crippen LogP contribution in [0.3, 0.4) is 0 Å². The molecule has 0 unspecified atom stereocenters. The van der Waals surface area contributed by atoms with Gasteiger partial charge in [0, 0.05) is 37.0 Å². The maximum absolute atomic E-state index is 13.3. The lowest BCUT2D eigenvalue weighted by Crippen LogP contribution is -2.79. The van der Waals surface area contributed by atoms with Gasteiger partial charge in [0.15, 0.2) is 11.2 Å². The summed E-state index contributed by atoms with van der Waals surface area (Å²) in [5.74, 6) is -3.05. The van der Waals surface area contributed by atoms with E-state index in [0.717, 1.165) is 12.5 Å². The average Bonchev–Trinajstić information content (AvgIpc) is 3.07. The first-order valence-electron chi connectivity index (χ1n) is 14.0. The lowest BCUT2D eigenvalue weighted by molar-refractivity contribution is -0.296. The van der Waals surface area contributed by atoms with E-state index in [1.165, 1.54) is 13.8 Å². The Morgan fingerprint density at radius 1 is 1.02 bits per heavy atom. The minimum Gasteiger partial charge on any atom is -0.472 e. The van der Waals surface area contributed by atoms with Crippen molar-refractivity contribution >= 4 is 17.9 Å². The minimum atomic E-state index is -2.22. The van der Waals surface area contributed by atoms with Gasteiger partial charge in [0.05, 0.1) is 36.4 Å². The summed E-state index contributed by atoms with van der Waals surface area (Å²) in [4.78, 5) is 37.7. The molecule has 0 bridgehead atoms. The number of hydrogen-bond donors (Lipinski definition) is 2. The summed E-state index contributed by atoms with van der Waals surface area (Å²) in [6.07, 6.45) is 0.321. The lowest BCUT2D eigenvalue weighted by Gasteiger charge is -2.62. The van der Waals surface area contributed by atoms with Gasteiger partial charge >= 0.3 is 17.9 Å². The van der Waals surface area contributed by atoms with Crippen LogP contribution in [0.2, 0.25) is 0 Å². The molecule has 13 atom stereocenters. The monoisotopic (exact) mass is 560 g/mol. The fourth-order valence-corrected chi connectivity index (χ4v) is 10.5. The van der Waals surface area contributed by atoms with E-state index in [4.69, 9.17) is 28.1 Å². The topological polar surface area (TPSA) is 154 Å². The van der Waals surface area contributed by atoms with Crippen LogP contribution in [0.1, 0.15) is 72.3 Å². The van der Waals surface area contributed by atoms with Gasteiger partial charge in [-0.15, -0.1) is 0 Å². The predicted octanol–water partition coefficient (Wildman–Crippen LogP) is 1.77. The van der Waals surface area contributed by atoms with E-state index < -0.39 is 81.5 Å². The average molecular weight is 561 g/mol. The Morgan fingerprint density at radius 3 is 2.35 bits per heavy atom. The molecule has 4 heterocycles. The summed E-state index contributed by atoms with van der Waals surface area (Å²) in [6, 6.07) is 1.94. The number of rotatable bonds is 3. The van der Waals surface area contributed by atoms with Crippen LogP contribution in [0.25, 0.3) is 0 Å². The summed E-state index contributed by atoms with van der Waals surface area (Å²) >= 11 is 0. The fraction of sp³-hybridized carbons (Fsp3) is 0.759. The molecule has 1 aromatic rings. The van der Waals surface area contributed by atoms with E-state index in [-0.39, 0.29) is 18.4 Å². The van der Waals surface area contributed by atoms with Gasteiger partial charge in [-0.3, -0.25) is 9.59 Å². The molecule has 218 valence electrons.